The summed E-state index contributed by atoms with van der Waals surface area (Å²) in [6.45, 7) is -0.0454. The van der Waals surface area contributed by atoms with Crippen molar-refractivity contribution < 1.29 is 18.0 Å². The van der Waals surface area contributed by atoms with Crippen molar-refractivity contribution in [2.24, 2.45) is 0 Å². The van der Waals surface area contributed by atoms with E-state index in [0.29, 0.717) is 0 Å². The van der Waals surface area contributed by atoms with E-state index in [1.807, 2.05) is 0 Å². The summed E-state index contributed by atoms with van der Waals surface area (Å²) >= 11 is 0. The zero-order valence-electron chi connectivity index (χ0n) is 11.3. The molecule has 0 saturated heterocycles. The number of carbonyl (C=O) groups excluding carboxylic acids is 1. The van der Waals surface area contributed by atoms with Crippen molar-refractivity contribution in [3.05, 3.63) is 29.3 Å². The molecule has 20 heavy (non-hydrogen) atoms. The molecule has 0 unspecified atom stereocenters. The van der Waals surface area contributed by atoms with Crippen molar-refractivity contribution in [3.8, 4) is 6.07 Å². The second-order valence-corrected chi connectivity index (χ2v) is 4.48. The number of hydrogen-bond acceptors (Lipinski definition) is 3. The summed E-state index contributed by atoms with van der Waals surface area (Å²) in [7, 11) is 4.65. The lowest BCUT2D eigenvalue weighted by Gasteiger charge is -2.22. The van der Waals surface area contributed by atoms with E-state index in [0.717, 1.165) is 12.1 Å². The molecule has 0 spiro atoms. The third kappa shape index (κ3) is 3.63. The molecule has 0 bridgehead atoms. The first-order chi connectivity index (χ1) is 9.16. The quantitative estimate of drug-likeness (QED) is 0.854. The lowest BCUT2D eigenvalue weighted by Crippen LogP contribution is -2.34. The Morgan fingerprint density at radius 2 is 1.90 bits per heavy atom. The number of nitrogens with zero attached hydrogens (tertiary/aromatic N) is 3. The molecule has 1 aromatic rings. The Morgan fingerprint density at radius 1 is 1.30 bits per heavy atom. The van der Waals surface area contributed by atoms with E-state index in [4.69, 9.17) is 5.26 Å². The third-order valence-electron chi connectivity index (χ3n) is 2.74. The van der Waals surface area contributed by atoms with Gasteiger partial charge in [-0.05, 0) is 18.2 Å². The summed E-state index contributed by atoms with van der Waals surface area (Å²) in [6.07, 6.45) is -4.60. The van der Waals surface area contributed by atoms with Crippen LogP contribution >= 0.6 is 0 Å². The van der Waals surface area contributed by atoms with Crippen LogP contribution in [-0.4, -0.2) is 38.5 Å². The van der Waals surface area contributed by atoms with Gasteiger partial charge in [0.15, 0.2) is 0 Å². The van der Waals surface area contributed by atoms with Crippen molar-refractivity contribution in [1.82, 2.24) is 4.90 Å². The molecule has 0 N–H and O–H groups in total. The summed E-state index contributed by atoms with van der Waals surface area (Å²) in [5, 5.41) is 8.71. The summed E-state index contributed by atoms with van der Waals surface area (Å²) in [5.41, 5.74) is -1.21. The second kappa shape index (κ2) is 5.82. The fraction of sp³-hybridized carbons (Fsp3) is 0.385. The molecular formula is C13H14F3N3O. The zero-order valence-corrected chi connectivity index (χ0v) is 11.3. The lowest BCUT2D eigenvalue weighted by molar-refractivity contribution is -0.137. The van der Waals surface area contributed by atoms with Gasteiger partial charge in [0.05, 0.1) is 23.7 Å². The van der Waals surface area contributed by atoms with Gasteiger partial charge in [0, 0.05) is 26.8 Å². The molecule has 0 aliphatic carbocycles. The Balaban J connectivity index is 3.10. The van der Waals surface area contributed by atoms with Gasteiger partial charge in [-0.1, -0.05) is 0 Å². The number of benzene rings is 1. The summed E-state index contributed by atoms with van der Waals surface area (Å²) in [4.78, 5) is 14.3. The minimum Gasteiger partial charge on any atom is -0.365 e. The van der Waals surface area contributed by atoms with E-state index in [2.05, 4.69) is 0 Å². The van der Waals surface area contributed by atoms with Crippen LogP contribution in [0.25, 0.3) is 0 Å². The molecule has 1 rings (SSSR count). The predicted octanol–water partition coefficient (Wildman–Crippen LogP) is 2.10. The SMILES string of the molecule is CN(C)C(=O)CN(C)c1ccc(C#N)c(C(F)(F)F)c1. The molecule has 4 nitrogen and oxygen atoms in total. The van der Waals surface area contributed by atoms with E-state index in [1.54, 1.807) is 14.1 Å². The highest BCUT2D eigenvalue weighted by molar-refractivity contribution is 5.81. The molecule has 0 radical (unpaired) electrons. The van der Waals surface area contributed by atoms with Crippen LogP contribution < -0.4 is 4.90 Å². The number of anilines is 1. The van der Waals surface area contributed by atoms with Crippen molar-refractivity contribution in [3.63, 3.8) is 0 Å². The number of carbonyl (C=O) groups is 1. The first-order valence-electron chi connectivity index (χ1n) is 5.69. The first kappa shape index (κ1) is 15.8. The third-order valence-corrected chi connectivity index (χ3v) is 2.74. The summed E-state index contributed by atoms with van der Waals surface area (Å²) < 4.78 is 38.5. The number of likely N-dealkylation sites (N-methyl/N-ethyl adjacent to an activating group) is 2. The maximum atomic E-state index is 12.8. The minimum absolute atomic E-state index is 0.0454. The van der Waals surface area contributed by atoms with Crippen LogP contribution in [0.1, 0.15) is 11.1 Å². The fourth-order valence-electron chi connectivity index (χ4n) is 1.54. The van der Waals surface area contributed by atoms with Crippen molar-refractivity contribution in [1.29, 1.82) is 5.26 Å². The summed E-state index contributed by atoms with van der Waals surface area (Å²) in [6, 6.07) is 4.88. The zero-order chi connectivity index (χ0) is 15.5. The van der Waals surface area contributed by atoms with Crippen molar-refractivity contribution >= 4 is 11.6 Å². The average Bonchev–Trinajstić information content (AvgIpc) is 2.36. The highest BCUT2D eigenvalue weighted by atomic mass is 19.4. The molecule has 108 valence electrons. The van der Waals surface area contributed by atoms with Crippen LogP contribution in [0.4, 0.5) is 18.9 Å². The smallest absolute Gasteiger partial charge is 0.365 e. The van der Waals surface area contributed by atoms with E-state index >= 15 is 0 Å². The van der Waals surface area contributed by atoms with Gasteiger partial charge < -0.3 is 9.80 Å². The summed E-state index contributed by atoms with van der Waals surface area (Å²) in [5.74, 6) is -0.231. The topological polar surface area (TPSA) is 47.3 Å². The van der Waals surface area contributed by atoms with Gasteiger partial charge in [0.1, 0.15) is 0 Å². The van der Waals surface area contributed by atoms with Gasteiger partial charge in [-0.15, -0.1) is 0 Å². The van der Waals surface area contributed by atoms with Gasteiger partial charge in [-0.2, -0.15) is 18.4 Å². The van der Waals surface area contributed by atoms with E-state index in [9.17, 15) is 18.0 Å². The average molecular weight is 285 g/mol. The maximum Gasteiger partial charge on any atom is 0.417 e. The molecule has 1 amide bonds. The highest BCUT2D eigenvalue weighted by Crippen LogP contribution is 2.34. The number of amides is 1. The molecule has 0 saturated carbocycles. The second-order valence-electron chi connectivity index (χ2n) is 4.48. The minimum atomic E-state index is -4.60. The number of halogens is 3. The van der Waals surface area contributed by atoms with Gasteiger partial charge in [0.25, 0.3) is 0 Å². The first-order valence-corrected chi connectivity index (χ1v) is 5.69. The molecule has 0 aliphatic rings. The Morgan fingerprint density at radius 3 is 2.35 bits per heavy atom. The Hall–Kier alpha value is -2.23. The molecule has 0 aromatic heterocycles. The van der Waals surface area contributed by atoms with Crippen molar-refractivity contribution in [2.45, 2.75) is 6.18 Å². The van der Waals surface area contributed by atoms with Crippen LogP contribution in [0, 0.1) is 11.3 Å². The van der Waals surface area contributed by atoms with Crippen molar-refractivity contribution in [2.75, 3.05) is 32.6 Å². The normalized spacial score (nSPS) is 10.8. The van der Waals surface area contributed by atoms with Crippen LogP contribution in [0.5, 0.6) is 0 Å². The number of nitriles is 1. The van der Waals surface area contributed by atoms with Gasteiger partial charge in [0.2, 0.25) is 5.91 Å². The Labute approximate surface area is 115 Å². The number of alkyl halides is 3. The Kier molecular flexibility index (Phi) is 4.61. The van der Waals surface area contributed by atoms with Crippen LogP contribution in [0.3, 0.4) is 0 Å². The molecule has 0 aliphatic heterocycles. The van der Waals surface area contributed by atoms with Gasteiger partial charge >= 0.3 is 6.18 Å². The molecule has 0 fully saturated rings. The molecular weight excluding hydrogens is 271 g/mol. The van der Waals surface area contributed by atoms with Gasteiger partial charge in [-0.25, -0.2) is 0 Å². The number of rotatable bonds is 3. The standard InChI is InChI=1S/C13H14F3N3O/c1-18(2)12(20)8-19(3)10-5-4-9(7-17)11(6-10)13(14,15)16/h4-6H,8H2,1-3H3. The molecule has 1 aromatic carbocycles. The van der Waals surface area contributed by atoms with Crippen LogP contribution in [-0.2, 0) is 11.0 Å². The molecule has 0 heterocycles. The maximum absolute atomic E-state index is 12.8. The molecule has 7 heteroatoms. The Bertz CT molecular complexity index is 547. The van der Waals surface area contributed by atoms with Crippen LogP contribution in [0.15, 0.2) is 18.2 Å². The van der Waals surface area contributed by atoms with E-state index in [1.165, 1.54) is 29.0 Å². The highest BCUT2D eigenvalue weighted by Gasteiger charge is 2.34. The van der Waals surface area contributed by atoms with E-state index < -0.39 is 17.3 Å². The van der Waals surface area contributed by atoms with Gasteiger partial charge in [-0.3, -0.25) is 4.79 Å². The monoisotopic (exact) mass is 285 g/mol. The fourth-order valence-corrected chi connectivity index (χ4v) is 1.54. The predicted molar refractivity (Wildman–Crippen MR) is 68.1 cm³/mol. The van der Waals surface area contributed by atoms with Crippen LogP contribution in [0.2, 0.25) is 0 Å². The molecule has 0 atom stereocenters. The van der Waals surface area contributed by atoms with E-state index in [-0.39, 0.29) is 18.1 Å². The number of hydrogen-bond donors (Lipinski definition) is 0. The largest absolute Gasteiger partial charge is 0.417 e. The lowest BCUT2D eigenvalue weighted by atomic mass is 10.1.